The van der Waals surface area contributed by atoms with Crippen molar-refractivity contribution in [3.63, 3.8) is 0 Å². The molecule has 0 saturated carbocycles. The molecule has 3 rings (SSSR count). The summed E-state index contributed by atoms with van der Waals surface area (Å²) in [5.74, 6) is 0.134. The number of rotatable bonds is 8. The van der Waals surface area contributed by atoms with Crippen molar-refractivity contribution < 1.29 is 13.2 Å². The quantitative estimate of drug-likeness (QED) is 0.618. The smallest absolute Gasteiger partial charge is 0.255 e. The summed E-state index contributed by atoms with van der Waals surface area (Å²) in [6, 6.07) is 12.1. The van der Waals surface area contributed by atoms with E-state index >= 15 is 0 Å². The van der Waals surface area contributed by atoms with Crippen molar-refractivity contribution in [2.45, 2.75) is 57.9 Å². The van der Waals surface area contributed by atoms with E-state index in [9.17, 15) is 13.2 Å². The van der Waals surface area contributed by atoms with Crippen LogP contribution in [0.25, 0.3) is 0 Å². The van der Waals surface area contributed by atoms with Crippen LogP contribution >= 0.6 is 0 Å². The molecule has 1 aliphatic heterocycles. The van der Waals surface area contributed by atoms with Gasteiger partial charge in [0.05, 0.1) is 4.90 Å². The number of nitrogens with one attached hydrogen (secondary N) is 2. The van der Waals surface area contributed by atoms with Gasteiger partial charge in [0.2, 0.25) is 10.0 Å². The van der Waals surface area contributed by atoms with Gasteiger partial charge in [-0.15, -0.1) is 0 Å². The predicted molar refractivity (Wildman–Crippen MR) is 130 cm³/mol. The molecule has 1 saturated heterocycles. The van der Waals surface area contributed by atoms with Crippen LogP contribution in [0.1, 0.15) is 54.6 Å². The molecule has 1 heterocycles. The van der Waals surface area contributed by atoms with Crippen LogP contribution in [0.5, 0.6) is 0 Å². The molecule has 174 valence electrons. The summed E-state index contributed by atoms with van der Waals surface area (Å²) >= 11 is 0. The molecule has 7 heteroatoms. The number of carbonyl (C=O) groups is 1. The third kappa shape index (κ3) is 5.97. The van der Waals surface area contributed by atoms with Crippen LogP contribution in [-0.4, -0.2) is 44.9 Å². The third-order valence-corrected chi connectivity index (χ3v) is 7.92. The Labute approximate surface area is 192 Å². The van der Waals surface area contributed by atoms with Crippen molar-refractivity contribution >= 4 is 21.6 Å². The molecule has 2 aromatic rings. The van der Waals surface area contributed by atoms with Crippen LogP contribution in [0.15, 0.2) is 47.4 Å². The highest BCUT2D eigenvalue weighted by atomic mass is 32.2. The molecule has 0 unspecified atom stereocenters. The molecule has 6 nitrogen and oxygen atoms in total. The molecular formula is C25H35N3O3S. The van der Waals surface area contributed by atoms with E-state index < -0.39 is 10.0 Å². The molecule has 1 atom stereocenters. The number of piperidine rings is 1. The highest BCUT2D eigenvalue weighted by Crippen LogP contribution is 2.24. The van der Waals surface area contributed by atoms with Crippen molar-refractivity contribution in [1.29, 1.82) is 0 Å². The van der Waals surface area contributed by atoms with Gasteiger partial charge in [-0.1, -0.05) is 25.1 Å². The summed E-state index contributed by atoms with van der Waals surface area (Å²) in [6.07, 6.45) is 3.16. The van der Waals surface area contributed by atoms with E-state index in [4.69, 9.17) is 0 Å². The standard InChI is InChI=1S/C25H35N3O3S/c1-5-14-28-15-12-21(13-16-28)20(4)27-32(30,31)22-10-11-24(19(3)17-22)26-25(29)23-9-7-6-8-18(23)2/h6-11,17,20-21,27H,5,12-16H2,1-4H3,(H,26,29)/t20-/m1/s1. The largest absolute Gasteiger partial charge is 0.322 e. The van der Waals surface area contributed by atoms with Gasteiger partial charge in [0.15, 0.2) is 0 Å². The van der Waals surface area contributed by atoms with Gasteiger partial charge in [-0.25, -0.2) is 13.1 Å². The molecule has 2 N–H and O–H groups in total. The second-order valence-corrected chi connectivity index (χ2v) is 10.5. The zero-order valence-electron chi connectivity index (χ0n) is 19.5. The summed E-state index contributed by atoms with van der Waals surface area (Å²) in [5, 5.41) is 2.89. The van der Waals surface area contributed by atoms with Crippen LogP contribution < -0.4 is 10.0 Å². The Balaban J connectivity index is 1.65. The van der Waals surface area contributed by atoms with E-state index in [1.807, 2.05) is 32.0 Å². The lowest BCUT2D eigenvalue weighted by Gasteiger charge is -2.34. The lowest BCUT2D eigenvalue weighted by atomic mass is 9.91. The number of anilines is 1. The van der Waals surface area contributed by atoms with Gasteiger partial charge >= 0.3 is 0 Å². The summed E-state index contributed by atoms with van der Waals surface area (Å²) in [5.41, 5.74) is 2.80. The fraction of sp³-hybridized carbons (Fsp3) is 0.480. The first-order chi connectivity index (χ1) is 15.2. The van der Waals surface area contributed by atoms with Gasteiger partial charge in [0, 0.05) is 17.3 Å². The Bertz CT molecular complexity index is 1040. The molecule has 0 radical (unpaired) electrons. The fourth-order valence-corrected chi connectivity index (χ4v) is 5.76. The van der Waals surface area contributed by atoms with Gasteiger partial charge in [0.1, 0.15) is 0 Å². The van der Waals surface area contributed by atoms with Crippen molar-refractivity contribution in [2.75, 3.05) is 25.0 Å². The Kier molecular flexibility index (Phi) is 8.09. The molecule has 1 amide bonds. The average Bonchev–Trinajstić information content (AvgIpc) is 2.75. The van der Waals surface area contributed by atoms with Crippen molar-refractivity contribution in [3.8, 4) is 0 Å². The van der Waals surface area contributed by atoms with E-state index in [1.165, 1.54) is 0 Å². The maximum absolute atomic E-state index is 13.0. The maximum atomic E-state index is 13.0. The highest BCUT2D eigenvalue weighted by Gasteiger charge is 2.27. The van der Waals surface area contributed by atoms with Crippen molar-refractivity contribution in [3.05, 3.63) is 59.2 Å². The Morgan fingerprint density at radius 2 is 1.78 bits per heavy atom. The first-order valence-electron chi connectivity index (χ1n) is 11.4. The Morgan fingerprint density at radius 3 is 2.41 bits per heavy atom. The van der Waals surface area contributed by atoms with E-state index in [0.29, 0.717) is 22.7 Å². The number of benzene rings is 2. The second kappa shape index (κ2) is 10.6. The van der Waals surface area contributed by atoms with Crippen LogP contribution in [0.2, 0.25) is 0 Å². The van der Waals surface area contributed by atoms with Crippen LogP contribution in [0, 0.1) is 19.8 Å². The van der Waals surface area contributed by atoms with Crippen LogP contribution in [-0.2, 0) is 10.0 Å². The van der Waals surface area contributed by atoms with E-state index in [1.54, 1.807) is 31.2 Å². The number of nitrogens with zero attached hydrogens (tertiary/aromatic N) is 1. The zero-order valence-corrected chi connectivity index (χ0v) is 20.3. The SMILES string of the molecule is CCCN1CCC([C@@H](C)NS(=O)(=O)c2ccc(NC(=O)c3ccccc3C)c(C)c2)CC1. The fourth-order valence-electron chi connectivity index (χ4n) is 4.36. The molecule has 0 aliphatic carbocycles. The lowest BCUT2D eigenvalue weighted by molar-refractivity contribution is 0.102. The normalized spacial score (nSPS) is 16.6. The third-order valence-electron chi connectivity index (χ3n) is 6.37. The molecule has 2 aromatic carbocycles. The topological polar surface area (TPSA) is 78.5 Å². The van der Waals surface area contributed by atoms with E-state index in [-0.39, 0.29) is 16.8 Å². The number of hydrogen-bond donors (Lipinski definition) is 2. The summed E-state index contributed by atoms with van der Waals surface area (Å²) in [6.45, 7) is 11.0. The number of hydrogen-bond acceptors (Lipinski definition) is 4. The summed E-state index contributed by atoms with van der Waals surface area (Å²) < 4.78 is 28.9. The summed E-state index contributed by atoms with van der Waals surface area (Å²) in [7, 11) is -3.64. The number of likely N-dealkylation sites (tertiary alicyclic amines) is 1. The van der Waals surface area contributed by atoms with Gasteiger partial charge in [0.25, 0.3) is 5.91 Å². The molecule has 32 heavy (non-hydrogen) atoms. The minimum atomic E-state index is -3.64. The van der Waals surface area contributed by atoms with Gasteiger partial charge in [-0.05, 0) is 101 Å². The van der Waals surface area contributed by atoms with E-state index in [0.717, 1.165) is 44.5 Å². The number of sulfonamides is 1. The Morgan fingerprint density at radius 1 is 1.09 bits per heavy atom. The first kappa shape index (κ1) is 24.4. The van der Waals surface area contributed by atoms with Crippen LogP contribution in [0.3, 0.4) is 0 Å². The van der Waals surface area contributed by atoms with Gasteiger partial charge < -0.3 is 10.2 Å². The summed E-state index contributed by atoms with van der Waals surface area (Å²) in [4.78, 5) is 15.3. The van der Waals surface area contributed by atoms with Crippen molar-refractivity contribution in [1.82, 2.24) is 9.62 Å². The minimum Gasteiger partial charge on any atom is -0.322 e. The monoisotopic (exact) mass is 457 g/mol. The average molecular weight is 458 g/mol. The second-order valence-electron chi connectivity index (χ2n) is 8.83. The molecule has 0 bridgehead atoms. The van der Waals surface area contributed by atoms with E-state index in [2.05, 4.69) is 21.9 Å². The number of amides is 1. The molecule has 0 aromatic heterocycles. The molecule has 1 fully saturated rings. The first-order valence-corrected chi connectivity index (χ1v) is 12.9. The minimum absolute atomic E-state index is 0.121. The van der Waals surface area contributed by atoms with Crippen molar-refractivity contribution in [2.24, 2.45) is 5.92 Å². The number of aryl methyl sites for hydroxylation is 2. The van der Waals surface area contributed by atoms with Gasteiger partial charge in [-0.3, -0.25) is 4.79 Å². The Hall–Kier alpha value is -2.22. The lowest BCUT2D eigenvalue weighted by Crippen LogP contribution is -2.44. The molecular weight excluding hydrogens is 422 g/mol. The maximum Gasteiger partial charge on any atom is 0.255 e. The predicted octanol–water partition coefficient (Wildman–Crippen LogP) is 4.34. The van der Waals surface area contributed by atoms with Crippen LogP contribution in [0.4, 0.5) is 5.69 Å². The van der Waals surface area contributed by atoms with Gasteiger partial charge in [-0.2, -0.15) is 0 Å². The molecule has 0 spiro atoms. The number of carbonyl (C=O) groups excluding carboxylic acids is 1. The highest BCUT2D eigenvalue weighted by molar-refractivity contribution is 7.89. The molecule has 1 aliphatic rings. The zero-order chi connectivity index (χ0) is 23.3.